The van der Waals surface area contributed by atoms with E-state index in [1.165, 1.54) is 64.3 Å². The number of hydrogen-bond acceptors (Lipinski definition) is 1. The quantitative estimate of drug-likeness (QED) is 0.424. The lowest BCUT2D eigenvalue weighted by Crippen LogP contribution is -2.33. The van der Waals surface area contributed by atoms with Crippen LogP contribution >= 0.6 is 0 Å². The molecule has 1 N–H and O–H groups in total. The van der Waals surface area contributed by atoms with Crippen LogP contribution in [0, 0.1) is 17.8 Å². The summed E-state index contributed by atoms with van der Waals surface area (Å²) >= 11 is 0. The van der Waals surface area contributed by atoms with Gasteiger partial charge in [-0.05, 0) is 56.5 Å². The van der Waals surface area contributed by atoms with E-state index in [1.54, 1.807) is 0 Å². The maximum Gasteiger partial charge on any atom is -0.00180 e. The lowest BCUT2D eigenvalue weighted by Gasteiger charge is -2.36. The Bertz CT molecular complexity index is 224. The zero-order valence-corrected chi connectivity index (χ0v) is 13.3. The minimum Gasteiger partial charge on any atom is -0.317 e. The average Bonchev–Trinajstić information content (AvgIpc) is 2.45. The molecule has 0 saturated heterocycles. The Labute approximate surface area is 121 Å². The molecule has 1 saturated carbocycles. The fraction of sp³-hybridized carbons (Fsp3) is 0.889. The van der Waals surface area contributed by atoms with Crippen molar-refractivity contribution < 1.29 is 0 Å². The van der Waals surface area contributed by atoms with E-state index in [2.05, 4.69) is 31.8 Å². The normalized spacial score (nSPS) is 27.4. The van der Waals surface area contributed by atoms with Crippen molar-refractivity contribution in [2.24, 2.45) is 17.8 Å². The first-order valence-electron chi connectivity index (χ1n) is 8.63. The molecule has 1 heteroatoms. The average molecular weight is 265 g/mol. The number of nitrogens with one attached hydrogen (secondary N) is 1. The van der Waals surface area contributed by atoms with Crippen LogP contribution in [-0.4, -0.2) is 13.1 Å². The van der Waals surface area contributed by atoms with Crippen LogP contribution in [0.2, 0.25) is 0 Å². The molecule has 0 heterocycles. The standard InChI is InChI=1S/C18H35N/c1-4-7-8-9-10-11-17-14-16(5-2)12-13-18(17)15-19-6-3/h4,16-19H,1,5-15H2,2-3H3. The highest BCUT2D eigenvalue weighted by Gasteiger charge is 2.28. The van der Waals surface area contributed by atoms with Gasteiger partial charge >= 0.3 is 0 Å². The van der Waals surface area contributed by atoms with Crippen molar-refractivity contribution >= 4 is 0 Å². The van der Waals surface area contributed by atoms with Gasteiger partial charge in [0.2, 0.25) is 0 Å². The van der Waals surface area contributed by atoms with E-state index in [9.17, 15) is 0 Å². The highest BCUT2D eigenvalue weighted by atomic mass is 14.8. The van der Waals surface area contributed by atoms with Crippen LogP contribution < -0.4 is 5.32 Å². The molecule has 0 aromatic carbocycles. The van der Waals surface area contributed by atoms with Crippen molar-refractivity contribution in [3.63, 3.8) is 0 Å². The van der Waals surface area contributed by atoms with Gasteiger partial charge in [-0.15, -0.1) is 6.58 Å². The largest absolute Gasteiger partial charge is 0.317 e. The second-order valence-corrected chi connectivity index (χ2v) is 6.34. The molecule has 0 bridgehead atoms. The van der Waals surface area contributed by atoms with Crippen molar-refractivity contribution in [1.82, 2.24) is 5.32 Å². The second kappa shape index (κ2) is 10.5. The summed E-state index contributed by atoms with van der Waals surface area (Å²) in [5, 5.41) is 3.58. The smallest absolute Gasteiger partial charge is 0.00180 e. The zero-order valence-electron chi connectivity index (χ0n) is 13.3. The summed E-state index contributed by atoms with van der Waals surface area (Å²) in [5.41, 5.74) is 0. The Morgan fingerprint density at radius 2 is 1.95 bits per heavy atom. The summed E-state index contributed by atoms with van der Waals surface area (Å²) < 4.78 is 0. The number of allylic oxidation sites excluding steroid dienone is 1. The van der Waals surface area contributed by atoms with Gasteiger partial charge in [-0.2, -0.15) is 0 Å². The Morgan fingerprint density at radius 1 is 1.11 bits per heavy atom. The summed E-state index contributed by atoms with van der Waals surface area (Å²) in [6.07, 6.45) is 14.7. The van der Waals surface area contributed by atoms with Crippen molar-refractivity contribution in [3.05, 3.63) is 12.7 Å². The van der Waals surface area contributed by atoms with Gasteiger partial charge in [-0.1, -0.05) is 52.0 Å². The molecule has 112 valence electrons. The molecule has 1 fully saturated rings. The van der Waals surface area contributed by atoms with Gasteiger partial charge in [-0.3, -0.25) is 0 Å². The Kier molecular flexibility index (Phi) is 9.24. The van der Waals surface area contributed by atoms with Gasteiger partial charge in [-0.25, -0.2) is 0 Å². The molecule has 0 aromatic rings. The first-order valence-corrected chi connectivity index (χ1v) is 8.63. The lowest BCUT2D eigenvalue weighted by atomic mass is 9.71. The van der Waals surface area contributed by atoms with E-state index in [0.717, 1.165) is 24.3 Å². The summed E-state index contributed by atoms with van der Waals surface area (Å²) in [7, 11) is 0. The van der Waals surface area contributed by atoms with Crippen LogP contribution in [0.5, 0.6) is 0 Å². The number of unbranched alkanes of at least 4 members (excludes halogenated alkanes) is 3. The monoisotopic (exact) mass is 265 g/mol. The maximum atomic E-state index is 3.81. The minimum absolute atomic E-state index is 0.946. The van der Waals surface area contributed by atoms with Gasteiger partial charge in [0.05, 0.1) is 0 Å². The minimum atomic E-state index is 0.946. The van der Waals surface area contributed by atoms with Gasteiger partial charge in [0.25, 0.3) is 0 Å². The summed E-state index contributed by atoms with van der Waals surface area (Å²) in [4.78, 5) is 0. The molecule has 1 nitrogen and oxygen atoms in total. The third kappa shape index (κ3) is 6.61. The molecule has 0 aliphatic heterocycles. The first-order chi connectivity index (χ1) is 9.31. The topological polar surface area (TPSA) is 12.0 Å². The molecule has 1 rings (SSSR count). The van der Waals surface area contributed by atoms with Crippen LogP contribution in [0.15, 0.2) is 12.7 Å². The second-order valence-electron chi connectivity index (χ2n) is 6.34. The SMILES string of the molecule is C=CCCCCCC1CC(CC)CCC1CNCC. The predicted molar refractivity (Wildman–Crippen MR) is 86.4 cm³/mol. The molecule has 0 spiro atoms. The summed E-state index contributed by atoms with van der Waals surface area (Å²) in [5.74, 6) is 2.94. The van der Waals surface area contributed by atoms with E-state index in [-0.39, 0.29) is 0 Å². The Balaban J connectivity index is 2.30. The molecule has 3 unspecified atom stereocenters. The molecule has 1 aliphatic carbocycles. The Hall–Kier alpha value is -0.300. The first kappa shape index (κ1) is 16.8. The maximum absolute atomic E-state index is 3.81. The van der Waals surface area contributed by atoms with E-state index in [0.29, 0.717) is 0 Å². The van der Waals surface area contributed by atoms with Crippen LogP contribution in [-0.2, 0) is 0 Å². The van der Waals surface area contributed by atoms with Crippen LogP contribution in [0.1, 0.15) is 71.6 Å². The van der Waals surface area contributed by atoms with E-state index in [4.69, 9.17) is 0 Å². The number of rotatable bonds is 10. The molecular formula is C18H35N. The summed E-state index contributed by atoms with van der Waals surface area (Å²) in [6.45, 7) is 10.8. The van der Waals surface area contributed by atoms with Crippen molar-refractivity contribution in [2.75, 3.05) is 13.1 Å². The van der Waals surface area contributed by atoms with Crippen LogP contribution in [0.3, 0.4) is 0 Å². The highest BCUT2D eigenvalue weighted by molar-refractivity contribution is 4.81. The van der Waals surface area contributed by atoms with Crippen LogP contribution in [0.4, 0.5) is 0 Å². The lowest BCUT2D eigenvalue weighted by molar-refractivity contribution is 0.160. The van der Waals surface area contributed by atoms with Crippen molar-refractivity contribution in [2.45, 2.75) is 71.6 Å². The van der Waals surface area contributed by atoms with E-state index >= 15 is 0 Å². The third-order valence-electron chi connectivity index (χ3n) is 4.97. The van der Waals surface area contributed by atoms with E-state index in [1.807, 2.05) is 0 Å². The molecule has 19 heavy (non-hydrogen) atoms. The molecule has 0 radical (unpaired) electrons. The molecule has 0 aromatic heterocycles. The molecule has 0 amide bonds. The molecular weight excluding hydrogens is 230 g/mol. The van der Waals surface area contributed by atoms with Crippen LogP contribution in [0.25, 0.3) is 0 Å². The fourth-order valence-electron chi connectivity index (χ4n) is 3.62. The third-order valence-corrected chi connectivity index (χ3v) is 4.97. The van der Waals surface area contributed by atoms with Gasteiger partial charge < -0.3 is 5.32 Å². The molecule has 3 atom stereocenters. The zero-order chi connectivity index (χ0) is 13.9. The van der Waals surface area contributed by atoms with Gasteiger partial charge in [0, 0.05) is 0 Å². The fourth-order valence-corrected chi connectivity index (χ4v) is 3.62. The van der Waals surface area contributed by atoms with Gasteiger partial charge in [0.1, 0.15) is 0 Å². The van der Waals surface area contributed by atoms with Crippen molar-refractivity contribution in [1.29, 1.82) is 0 Å². The van der Waals surface area contributed by atoms with Gasteiger partial charge in [0.15, 0.2) is 0 Å². The summed E-state index contributed by atoms with van der Waals surface area (Å²) in [6, 6.07) is 0. The van der Waals surface area contributed by atoms with E-state index < -0.39 is 0 Å². The Morgan fingerprint density at radius 3 is 2.63 bits per heavy atom. The van der Waals surface area contributed by atoms with Crippen molar-refractivity contribution in [3.8, 4) is 0 Å². The number of hydrogen-bond donors (Lipinski definition) is 1. The molecule has 1 aliphatic rings. The highest BCUT2D eigenvalue weighted by Crippen LogP contribution is 2.38. The predicted octanol–water partition coefficient (Wildman–Crippen LogP) is 5.17.